The van der Waals surface area contributed by atoms with Crippen molar-refractivity contribution in [2.24, 2.45) is 0 Å². The Bertz CT molecular complexity index is 980. The molecule has 2 atom stereocenters. The van der Waals surface area contributed by atoms with E-state index in [-0.39, 0.29) is 11.9 Å². The number of nitrogens with zero attached hydrogens (tertiary/aromatic N) is 1. The second kappa shape index (κ2) is 12.2. The average Bonchev–Trinajstić information content (AvgIpc) is 2.78. The summed E-state index contributed by atoms with van der Waals surface area (Å²) in [6.45, 7) is 4.67. The summed E-state index contributed by atoms with van der Waals surface area (Å²) in [5.74, 6) is 0.403. The maximum absolute atomic E-state index is 12.4. The van der Waals surface area contributed by atoms with Crippen molar-refractivity contribution < 1.29 is 13.2 Å². The number of nitrogens with one attached hydrogen (secondary N) is 1. The summed E-state index contributed by atoms with van der Waals surface area (Å²) in [4.78, 5) is 11.4. The molecule has 1 aliphatic rings. The molecule has 32 heavy (non-hydrogen) atoms. The highest BCUT2D eigenvalue weighted by Crippen LogP contribution is 2.26. The molecule has 1 fully saturated rings. The van der Waals surface area contributed by atoms with E-state index in [1.54, 1.807) is 35.6 Å². The Labute approximate surface area is 197 Å². The second-order valence-corrected chi connectivity index (χ2v) is 10.5. The van der Waals surface area contributed by atoms with Gasteiger partial charge in [-0.2, -0.15) is 4.31 Å². The van der Waals surface area contributed by atoms with Crippen molar-refractivity contribution in [3.63, 3.8) is 0 Å². The molecule has 6 nitrogen and oxygen atoms in total. The number of nitrogens with two attached hydrogens (primary N) is 1. The van der Waals surface area contributed by atoms with Gasteiger partial charge in [-0.3, -0.25) is 4.79 Å². The predicted molar refractivity (Wildman–Crippen MR) is 131 cm³/mol. The molecule has 0 spiro atoms. The SMILES string of the molecule is CNC(=O)CCC(C)c1ccccc1N.C[C@@H]1CCCCN1S(=O)(=O)c1ccc(Cl)cc1. The van der Waals surface area contributed by atoms with Gasteiger partial charge in [-0.25, -0.2) is 8.42 Å². The molecule has 176 valence electrons. The van der Waals surface area contributed by atoms with E-state index >= 15 is 0 Å². The number of hydrogen-bond donors (Lipinski definition) is 2. The van der Waals surface area contributed by atoms with E-state index in [0.717, 1.165) is 36.9 Å². The lowest BCUT2D eigenvalue weighted by Gasteiger charge is -2.32. The van der Waals surface area contributed by atoms with E-state index in [2.05, 4.69) is 12.2 Å². The molecular weight excluding hydrogens is 446 g/mol. The highest BCUT2D eigenvalue weighted by atomic mass is 35.5. The van der Waals surface area contributed by atoms with E-state index in [4.69, 9.17) is 17.3 Å². The monoisotopic (exact) mass is 479 g/mol. The van der Waals surface area contributed by atoms with Crippen molar-refractivity contribution in [3.05, 3.63) is 59.1 Å². The Morgan fingerprint density at radius 2 is 1.84 bits per heavy atom. The van der Waals surface area contributed by atoms with Crippen molar-refractivity contribution in [2.45, 2.75) is 62.8 Å². The molecule has 3 N–H and O–H groups in total. The van der Waals surface area contributed by atoms with Crippen LogP contribution in [0.3, 0.4) is 0 Å². The summed E-state index contributed by atoms with van der Waals surface area (Å²) in [6, 6.07) is 14.3. The first-order valence-electron chi connectivity index (χ1n) is 11.0. The fraction of sp³-hybridized carbons (Fsp3) is 0.458. The molecule has 3 rings (SSSR count). The number of carbonyl (C=O) groups excluding carboxylic acids is 1. The molecule has 1 heterocycles. The number of rotatable bonds is 6. The predicted octanol–water partition coefficient (Wildman–Crippen LogP) is 4.80. The maximum atomic E-state index is 12.4. The van der Waals surface area contributed by atoms with Crippen LogP contribution in [-0.2, 0) is 14.8 Å². The van der Waals surface area contributed by atoms with Crippen molar-refractivity contribution >= 4 is 33.2 Å². The topological polar surface area (TPSA) is 92.5 Å². The molecule has 1 saturated heterocycles. The summed E-state index contributed by atoms with van der Waals surface area (Å²) < 4.78 is 26.4. The van der Waals surface area contributed by atoms with Crippen LogP contribution < -0.4 is 11.1 Å². The number of amides is 1. The number of anilines is 1. The number of piperidine rings is 1. The first-order chi connectivity index (χ1) is 15.2. The van der Waals surface area contributed by atoms with Crippen LogP contribution in [-0.4, -0.2) is 38.3 Å². The summed E-state index contributed by atoms with van der Waals surface area (Å²) in [6.07, 6.45) is 4.36. The molecule has 1 aliphatic heterocycles. The summed E-state index contributed by atoms with van der Waals surface area (Å²) >= 11 is 5.77. The fourth-order valence-electron chi connectivity index (χ4n) is 3.76. The Balaban J connectivity index is 0.000000229. The molecule has 8 heteroatoms. The molecule has 0 saturated carbocycles. The third kappa shape index (κ3) is 7.22. The van der Waals surface area contributed by atoms with Gasteiger partial charge in [-0.05, 0) is 68.0 Å². The lowest BCUT2D eigenvalue weighted by Crippen LogP contribution is -2.41. The van der Waals surface area contributed by atoms with Gasteiger partial charge in [-0.15, -0.1) is 0 Å². The van der Waals surface area contributed by atoms with E-state index in [1.165, 1.54) is 0 Å². The lowest BCUT2D eigenvalue weighted by molar-refractivity contribution is -0.120. The van der Waals surface area contributed by atoms with Crippen LogP contribution in [0.25, 0.3) is 0 Å². The van der Waals surface area contributed by atoms with Crippen molar-refractivity contribution in [1.29, 1.82) is 0 Å². The largest absolute Gasteiger partial charge is 0.398 e. The van der Waals surface area contributed by atoms with Gasteiger partial charge in [0.2, 0.25) is 15.9 Å². The highest BCUT2D eigenvalue weighted by Gasteiger charge is 2.30. The molecule has 0 aliphatic carbocycles. The van der Waals surface area contributed by atoms with Gasteiger partial charge in [-0.1, -0.05) is 43.1 Å². The molecule has 2 aromatic rings. The van der Waals surface area contributed by atoms with Crippen LogP contribution in [0, 0.1) is 0 Å². The van der Waals surface area contributed by atoms with Gasteiger partial charge in [0.25, 0.3) is 0 Å². The second-order valence-electron chi connectivity index (χ2n) is 8.16. The number of benzene rings is 2. The molecule has 0 radical (unpaired) electrons. The molecule has 0 bridgehead atoms. The summed E-state index contributed by atoms with van der Waals surface area (Å²) in [7, 11) is -1.70. The van der Waals surface area contributed by atoms with E-state index < -0.39 is 10.0 Å². The third-order valence-corrected chi connectivity index (χ3v) is 8.05. The van der Waals surface area contributed by atoms with Crippen LogP contribution in [0.2, 0.25) is 5.02 Å². The lowest BCUT2D eigenvalue weighted by atomic mass is 9.95. The van der Waals surface area contributed by atoms with E-state index in [1.807, 2.05) is 31.2 Å². The zero-order chi connectivity index (χ0) is 23.7. The van der Waals surface area contributed by atoms with Crippen LogP contribution in [0.4, 0.5) is 5.69 Å². The molecular formula is C24H34ClN3O3S. The fourth-order valence-corrected chi connectivity index (χ4v) is 5.58. The standard InChI is InChI=1S/C12H16ClNO2S.C12H18N2O/c1-10-4-2-3-9-14(10)17(15,16)12-7-5-11(13)6-8-12;1-9(7-8-12(15)14-2)10-5-3-4-6-11(10)13/h5-8,10H,2-4,9H2,1H3;3-6,9H,7-8,13H2,1-2H3,(H,14,15)/t10-;/m1./s1. The minimum Gasteiger partial charge on any atom is -0.398 e. The van der Waals surface area contributed by atoms with Crippen molar-refractivity contribution in [2.75, 3.05) is 19.3 Å². The number of hydrogen-bond acceptors (Lipinski definition) is 4. The maximum Gasteiger partial charge on any atom is 0.243 e. The normalized spacial score (nSPS) is 17.7. The van der Waals surface area contributed by atoms with E-state index in [0.29, 0.717) is 28.8 Å². The van der Waals surface area contributed by atoms with Crippen molar-refractivity contribution in [3.8, 4) is 0 Å². The van der Waals surface area contributed by atoms with Gasteiger partial charge in [0, 0.05) is 36.8 Å². The number of carbonyl (C=O) groups is 1. The Hall–Kier alpha value is -2.09. The first kappa shape index (κ1) is 26.2. The smallest absolute Gasteiger partial charge is 0.243 e. The van der Waals surface area contributed by atoms with E-state index in [9.17, 15) is 13.2 Å². The van der Waals surface area contributed by atoms with Gasteiger partial charge < -0.3 is 11.1 Å². The zero-order valence-corrected chi connectivity index (χ0v) is 20.6. The third-order valence-electron chi connectivity index (χ3n) is 5.77. The van der Waals surface area contributed by atoms with Crippen LogP contribution in [0.5, 0.6) is 0 Å². The average molecular weight is 480 g/mol. The molecule has 0 aromatic heterocycles. The first-order valence-corrected chi connectivity index (χ1v) is 12.8. The zero-order valence-electron chi connectivity index (χ0n) is 19.1. The quantitative estimate of drug-likeness (QED) is 0.582. The number of para-hydroxylation sites is 1. The number of halogens is 1. The van der Waals surface area contributed by atoms with Crippen molar-refractivity contribution in [1.82, 2.24) is 9.62 Å². The number of sulfonamides is 1. The van der Waals surface area contributed by atoms with Crippen LogP contribution in [0.1, 0.15) is 57.4 Å². The van der Waals surface area contributed by atoms with Crippen LogP contribution in [0.15, 0.2) is 53.4 Å². The molecule has 2 aromatic carbocycles. The van der Waals surface area contributed by atoms with Crippen LogP contribution >= 0.6 is 11.6 Å². The Kier molecular flexibility index (Phi) is 10.0. The summed E-state index contributed by atoms with van der Waals surface area (Å²) in [5, 5.41) is 3.17. The highest BCUT2D eigenvalue weighted by molar-refractivity contribution is 7.89. The number of nitrogen functional groups attached to an aromatic ring is 1. The minimum absolute atomic E-state index is 0.0800. The van der Waals surface area contributed by atoms with Gasteiger partial charge in [0.15, 0.2) is 0 Å². The van der Waals surface area contributed by atoms with Gasteiger partial charge >= 0.3 is 0 Å². The Morgan fingerprint density at radius 1 is 1.19 bits per heavy atom. The molecule has 1 unspecified atom stereocenters. The molecule has 1 amide bonds. The minimum atomic E-state index is -3.35. The Morgan fingerprint density at radius 3 is 2.44 bits per heavy atom. The van der Waals surface area contributed by atoms with Gasteiger partial charge in [0.05, 0.1) is 4.90 Å². The van der Waals surface area contributed by atoms with Gasteiger partial charge in [0.1, 0.15) is 0 Å². The summed E-state index contributed by atoms with van der Waals surface area (Å²) in [5.41, 5.74) is 7.79.